The van der Waals surface area contributed by atoms with Crippen LogP contribution in [0.15, 0.2) is 24.3 Å². The minimum absolute atomic E-state index is 0.0546. The number of rotatable bonds is 4. The van der Waals surface area contributed by atoms with Crippen molar-refractivity contribution >= 4 is 6.09 Å². The van der Waals surface area contributed by atoms with Crippen molar-refractivity contribution in [3.05, 3.63) is 35.4 Å². The van der Waals surface area contributed by atoms with Gasteiger partial charge in [-0.3, -0.25) is 0 Å². The highest BCUT2D eigenvalue weighted by atomic mass is 19.3. The smallest absolute Gasteiger partial charge is 0.407 e. The fourth-order valence-electron chi connectivity index (χ4n) is 2.38. The van der Waals surface area contributed by atoms with Crippen molar-refractivity contribution < 1.29 is 18.7 Å². The number of amides is 1. The summed E-state index contributed by atoms with van der Waals surface area (Å²) in [6.07, 6.45) is -1.39. The van der Waals surface area contributed by atoms with Gasteiger partial charge in [-0.2, -0.15) is 0 Å². The van der Waals surface area contributed by atoms with E-state index in [4.69, 9.17) is 10.8 Å². The zero-order chi connectivity index (χ0) is 14.9. The first-order valence-corrected chi connectivity index (χ1v) is 6.51. The van der Waals surface area contributed by atoms with Gasteiger partial charge in [-0.15, -0.1) is 0 Å². The molecule has 1 unspecified atom stereocenters. The van der Waals surface area contributed by atoms with E-state index in [-0.39, 0.29) is 37.0 Å². The molecule has 1 aliphatic heterocycles. The second-order valence-electron chi connectivity index (χ2n) is 5.38. The van der Waals surface area contributed by atoms with Gasteiger partial charge in [-0.05, 0) is 18.6 Å². The van der Waals surface area contributed by atoms with E-state index in [9.17, 15) is 13.6 Å². The molecule has 1 amide bonds. The number of hydrogen-bond acceptors (Lipinski definition) is 2. The minimum atomic E-state index is -2.96. The van der Waals surface area contributed by atoms with Gasteiger partial charge in [-0.1, -0.05) is 18.2 Å². The number of carbonyl (C=O) groups is 1. The second kappa shape index (κ2) is 5.36. The summed E-state index contributed by atoms with van der Waals surface area (Å²) in [5, 5.41) is 8.69. The molecule has 0 aliphatic carbocycles. The van der Waals surface area contributed by atoms with E-state index in [0.29, 0.717) is 5.56 Å². The van der Waals surface area contributed by atoms with Gasteiger partial charge in [0.25, 0.3) is 5.92 Å². The standard InChI is InChI=1S/C14H18F2N2O2/c1-9(17)11-3-2-4-12(5-11)14(15,16)6-10-7-18(8-10)13(19)20/h2-5,9-10H,6-8,17H2,1H3,(H,19,20). The Morgan fingerprint density at radius 3 is 2.75 bits per heavy atom. The molecule has 0 spiro atoms. The van der Waals surface area contributed by atoms with Gasteiger partial charge in [0.05, 0.1) is 0 Å². The Kier molecular flexibility index (Phi) is 3.94. The van der Waals surface area contributed by atoms with Gasteiger partial charge in [-0.25, -0.2) is 13.6 Å². The summed E-state index contributed by atoms with van der Waals surface area (Å²) < 4.78 is 28.4. The Hall–Kier alpha value is -1.69. The first-order valence-electron chi connectivity index (χ1n) is 6.51. The predicted octanol–water partition coefficient (Wildman–Crippen LogP) is 2.80. The molecule has 1 saturated heterocycles. The van der Waals surface area contributed by atoms with Gasteiger partial charge in [0, 0.05) is 37.0 Å². The first-order chi connectivity index (χ1) is 9.29. The number of alkyl halides is 2. The van der Waals surface area contributed by atoms with Crippen LogP contribution in [0.1, 0.15) is 30.5 Å². The highest BCUT2D eigenvalue weighted by molar-refractivity contribution is 5.66. The maximum absolute atomic E-state index is 14.2. The third-order valence-electron chi connectivity index (χ3n) is 3.61. The Labute approximate surface area is 116 Å². The zero-order valence-electron chi connectivity index (χ0n) is 11.2. The van der Waals surface area contributed by atoms with Crippen LogP contribution in [0, 0.1) is 5.92 Å². The molecule has 0 radical (unpaired) electrons. The van der Waals surface area contributed by atoms with E-state index in [1.54, 1.807) is 19.1 Å². The molecule has 6 heteroatoms. The third kappa shape index (κ3) is 3.07. The first kappa shape index (κ1) is 14.7. The Morgan fingerprint density at radius 1 is 1.55 bits per heavy atom. The van der Waals surface area contributed by atoms with Crippen LogP contribution in [0.25, 0.3) is 0 Å². The summed E-state index contributed by atoms with van der Waals surface area (Å²) in [4.78, 5) is 11.7. The molecule has 0 saturated carbocycles. The van der Waals surface area contributed by atoms with Crippen LogP contribution in [-0.2, 0) is 5.92 Å². The lowest BCUT2D eigenvalue weighted by molar-refractivity contribution is -0.0528. The number of carboxylic acid groups (broad SMARTS) is 1. The molecule has 0 bridgehead atoms. The molecular weight excluding hydrogens is 266 g/mol. The van der Waals surface area contributed by atoms with Crippen LogP contribution in [-0.4, -0.2) is 29.2 Å². The summed E-state index contributed by atoms with van der Waals surface area (Å²) in [7, 11) is 0. The van der Waals surface area contributed by atoms with Gasteiger partial charge in [0.2, 0.25) is 0 Å². The van der Waals surface area contributed by atoms with Crippen molar-refractivity contribution in [3.8, 4) is 0 Å². The minimum Gasteiger partial charge on any atom is -0.465 e. The molecule has 4 nitrogen and oxygen atoms in total. The maximum atomic E-state index is 14.2. The molecule has 1 aromatic rings. The van der Waals surface area contributed by atoms with E-state index in [1.807, 2.05) is 0 Å². The largest absolute Gasteiger partial charge is 0.465 e. The Balaban J connectivity index is 2.03. The summed E-state index contributed by atoms with van der Waals surface area (Å²) >= 11 is 0. The fraction of sp³-hybridized carbons (Fsp3) is 0.500. The SMILES string of the molecule is CC(N)c1cccc(C(F)(F)CC2CN(C(=O)O)C2)c1. The van der Waals surface area contributed by atoms with Crippen LogP contribution >= 0.6 is 0 Å². The number of benzene rings is 1. The van der Waals surface area contributed by atoms with Crippen LogP contribution in [0.3, 0.4) is 0 Å². The van der Waals surface area contributed by atoms with Gasteiger partial charge in [0.15, 0.2) is 0 Å². The third-order valence-corrected chi connectivity index (χ3v) is 3.61. The quantitative estimate of drug-likeness (QED) is 0.893. The van der Waals surface area contributed by atoms with E-state index in [0.717, 1.165) is 4.90 Å². The van der Waals surface area contributed by atoms with Crippen LogP contribution in [0.4, 0.5) is 13.6 Å². The molecule has 1 aromatic carbocycles. The summed E-state index contributed by atoms with van der Waals surface area (Å²) in [6.45, 7) is 2.10. The number of nitrogens with two attached hydrogens (primary N) is 1. The van der Waals surface area contributed by atoms with Crippen molar-refractivity contribution in [3.63, 3.8) is 0 Å². The molecule has 1 aliphatic rings. The average Bonchev–Trinajstić information content (AvgIpc) is 2.33. The highest BCUT2D eigenvalue weighted by Crippen LogP contribution is 2.38. The summed E-state index contributed by atoms with van der Waals surface area (Å²) in [5.41, 5.74) is 6.31. The highest BCUT2D eigenvalue weighted by Gasteiger charge is 2.40. The topological polar surface area (TPSA) is 66.6 Å². The maximum Gasteiger partial charge on any atom is 0.407 e. The molecule has 2 rings (SSSR count). The second-order valence-corrected chi connectivity index (χ2v) is 5.38. The fourth-order valence-corrected chi connectivity index (χ4v) is 2.38. The van der Waals surface area contributed by atoms with Crippen molar-refractivity contribution in [2.24, 2.45) is 11.7 Å². The molecule has 0 aromatic heterocycles. The van der Waals surface area contributed by atoms with E-state index >= 15 is 0 Å². The van der Waals surface area contributed by atoms with E-state index in [2.05, 4.69) is 0 Å². The lowest BCUT2D eigenvalue weighted by Gasteiger charge is -2.38. The molecule has 1 atom stereocenters. The van der Waals surface area contributed by atoms with Crippen molar-refractivity contribution in [2.45, 2.75) is 25.3 Å². The number of nitrogens with zero attached hydrogens (tertiary/aromatic N) is 1. The average molecular weight is 284 g/mol. The van der Waals surface area contributed by atoms with Crippen molar-refractivity contribution in [1.29, 1.82) is 0 Å². The lowest BCUT2D eigenvalue weighted by Crippen LogP contribution is -2.50. The lowest BCUT2D eigenvalue weighted by atomic mass is 9.89. The van der Waals surface area contributed by atoms with Crippen LogP contribution < -0.4 is 5.73 Å². The van der Waals surface area contributed by atoms with Gasteiger partial charge < -0.3 is 15.7 Å². The summed E-state index contributed by atoms with van der Waals surface area (Å²) in [5.74, 6) is -3.25. The molecule has 110 valence electrons. The molecule has 3 N–H and O–H groups in total. The monoisotopic (exact) mass is 284 g/mol. The molecule has 1 fully saturated rings. The number of hydrogen-bond donors (Lipinski definition) is 2. The van der Waals surface area contributed by atoms with Gasteiger partial charge in [0.1, 0.15) is 0 Å². The van der Waals surface area contributed by atoms with Crippen molar-refractivity contribution in [1.82, 2.24) is 4.90 Å². The number of likely N-dealkylation sites (tertiary alicyclic amines) is 1. The summed E-state index contributed by atoms with van der Waals surface area (Å²) in [6, 6.07) is 5.82. The Morgan fingerprint density at radius 2 is 2.20 bits per heavy atom. The molecule has 20 heavy (non-hydrogen) atoms. The van der Waals surface area contributed by atoms with Crippen molar-refractivity contribution in [2.75, 3.05) is 13.1 Å². The number of halogens is 2. The zero-order valence-corrected chi connectivity index (χ0v) is 11.2. The van der Waals surface area contributed by atoms with E-state index < -0.39 is 12.0 Å². The predicted molar refractivity (Wildman–Crippen MR) is 70.6 cm³/mol. The van der Waals surface area contributed by atoms with Crippen LogP contribution in [0.2, 0.25) is 0 Å². The molecule has 1 heterocycles. The van der Waals surface area contributed by atoms with Gasteiger partial charge >= 0.3 is 6.09 Å². The van der Waals surface area contributed by atoms with E-state index in [1.165, 1.54) is 12.1 Å². The molecular formula is C14H18F2N2O2. The van der Waals surface area contributed by atoms with Crippen LogP contribution in [0.5, 0.6) is 0 Å². The Bertz CT molecular complexity index is 500. The normalized spacial score (nSPS) is 17.7.